The van der Waals surface area contributed by atoms with Gasteiger partial charge in [-0.25, -0.2) is 4.79 Å². The molecule has 0 aromatic heterocycles. The van der Waals surface area contributed by atoms with Crippen LogP contribution in [0.4, 0.5) is 5.69 Å². The number of anilines is 1. The molecule has 0 saturated heterocycles. The summed E-state index contributed by atoms with van der Waals surface area (Å²) < 4.78 is 4.67. The second-order valence-corrected chi connectivity index (χ2v) is 2.62. The smallest absolute Gasteiger partial charge is 0.324 e. The van der Waals surface area contributed by atoms with Gasteiger partial charge in [-0.1, -0.05) is 6.07 Å². The van der Waals surface area contributed by atoms with Gasteiger partial charge in [-0.2, -0.15) is 0 Å². The average Bonchev–Trinajstić information content (AvgIpc) is 2.17. The largest absolute Gasteiger partial charge is 0.525 e. The Balaban J connectivity index is 2.93. The monoisotopic (exact) mass is 182 g/mol. The number of nitrogens with two attached hydrogens (primary N) is 1. The Hall–Kier alpha value is -1.33. The van der Waals surface area contributed by atoms with Crippen LogP contribution in [0.15, 0.2) is 24.3 Å². The minimum absolute atomic E-state index is 0.307. The topological polar surface area (TPSA) is 64.3 Å². The highest BCUT2D eigenvalue weighted by Gasteiger charge is 2.03. The summed E-state index contributed by atoms with van der Waals surface area (Å²) in [7, 11) is 0.406. The molecule has 4 nitrogen and oxygen atoms in total. The Morgan fingerprint density at radius 3 is 2.92 bits per heavy atom. The summed E-state index contributed by atoms with van der Waals surface area (Å²) in [6.07, 6.45) is 0. The second-order valence-electron chi connectivity index (χ2n) is 2.22. The highest BCUT2D eigenvalue weighted by molar-refractivity contribution is 6.09. The highest BCUT2D eigenvalue weighted by atomic mass is 28.2. The molecule has 0 atom stereocenters. The lowest BCUT2D eigenvalue weighted by molar-refractivity contribution is 0.0749. The molecule has 0 saturated carbocycles. The van der Waals surface area contributed by atoms with Crippen LogP contribution >= 0.6 is 0 Å². The second kappa shape index (κ2) is 3.89. The van der Waals surface area contributed by atoms with Gasteiger partial charge < -0.3 is 9.85 Å². The number of nitrogens with one attached hydrogen (secondary N) is 1. The standard InChI is InChI=1S/C7H10N2O2Si/c8-9-6-3-1-2-5(4-6)7(10)11-12/h1-4,9H,8H2,12H3. The van der Waals surface area contributed by atoms with Crippen molar-refractivity contribution in [1.29, 1.82) is 0 Å². The molecule has 0 bridgehead atoms. The van der Waals surface area contributed by atoms with Crippen molar-refractivity contribution in [3.8, 4) is 0 Å². The van der Waals surface area contributed by atoms with Gasteiger partial charge in [-0.3, -0.25) is 5.84 Å². The van der Waals surface area contributed by atoms with Gasteiger partial charge in [-0.15, -0.1) is 0 Å². The maximum absolute atomic E-state index is 11.0. The molecule has 64 valence electrons. The van der Waals surface area contributed by atoms with E-state index < -0.39 is 0 Å². The molecular formula is C7H10N2O2Si. The maximum atomic E-state index is 11.0. The van der Waals surface area contributed by atoms with E-state index >= 15 is 0 Å². The van der Waals surface area contributed by atoms with Gasteiger partial charge in [0.1, 0.15) is 0 Å². The summed E-state index contributed by atoms with van der Waals surface area (Å²) in [6, 6.07) is 6.83. The van der Waals surface area contributed by atoms with Gasteiger partial charge in [0, 0.05) is 5.69 Å². The molecule has 5 heteroatoms. The van der Waals surface area contributed by atoms with Crippen molar-refractivity contribution in [2.24, 2.45) is 5.84 Å². The Morgan fingerprint density at radius 1 is 1.58 bits per heavy atom. The molecule has 0 fully saturated rings. The third kappa shape index (κ3) is 1.83. The van der Waals surface area contributed by atoms with Gasteiger partial charge in [0.15, 0.2) is 0 Å². The van der Waals surface area contributed by atoms with E-state index in [4.69, 9.17) is 5.84 Å². The molecule has 0 unspecified atom stereocenters. The molecule has 0 radical (unpaired) electrons. The quantitative estimate of drug-likeness (QED) is 0.364. The van der Waals surface area contributed by atoms with Crippen molar-refractivity contribution in [3.63, 3.8) is 0 Å². The number of hydrogen-bond donors (Lipinski definition) is 2. The summed E-state index contributed by atoms with van der Waals surface area (Å²) in [6.45, 7) is 0. The first-order valence-electron chi connectivity index (χ1n) is 3.43. The SMILES string of the molecule is NNc1cccc(C(=O)O[SiH3])c1. The first-order valence-corrected chi connectivity index (χ1v) is 4.24. The summed E-state index contributed by atoms with van der Waals surface area (Å²) >= 11 is 0. The molecule has 0 amide bonds. The van der Waals surface area contributed by atoms with Gasteiger partial charge >= 0.3 is 5.97 Å². The highest BCUT2D eigenvalue weighted by Crippen LogP contribution is 2.09. The molecule has 1 aromatic rings. The van der Waals surface area contributed by atoms with Crippen molar-refractivity contribution >= 4 is 22.1 Å². The Morgan fingerprint density at radius 2 is 2.33 bits per heavy atom. The lowest BCUT2D eigenvalue weighted by Gasteiger charge is -2.02. The average molecular weight is 182 g/mol. The summed E-state index contributed by atoms with van der Waals surface area (Å²) in [5, 5.41) is 0. The normalized spacial score (nSPS) is 9.42. The molecule has 0 aliphatic carbocycles. The van der Waals surface area contributed by atoms with E-state index in [2.05, 4.69) is 9.85 Å². The molecule has 0 spiro atoms. The lowest BCUT2D eigenvalue weighted by atomic mass is 10.2. The first-order chi connectivity index (χ1) is 5.77. The fraction of sp³-hybridized carbons (Fsp3) is 0. The predicted octanol–water partition coefficient (Wildman–Crippen LogP) is -0.591. The van der Waals surface area contributed by atoms with Crippen LogP contribution in [0.1, 0.15) is 10.4 Å². The van der Waals surface area contributed by atoms with Crippen LogP contribution < -0.4 is 11.3 Å². The van der Waals surface area contributed by atoms with Crippen LogP contribution in [-0.4, -0.2) is 16.5 Å². The van der Waals surface area contributed by atoms with Crippen LogP contribution in [0.2, 0.25) is 0 Å². The number of carbonyl (C=O) groups is 1. The number of rotatable bonds is 2. The Labute approximate surface area is 73.2 Å². The molecule has 3 N–H and O–H groups in total. The Bertz CT molecular complexity index is 290. The molecular weight excluding hydrogens is 172 g/mol. The van der Waals surface area contributed by atoms with Crippen LogP contribution in [-0.2, 0) is 4.43 Å². The molecule has 0 aliphatic rings. The van der Waals surface area contributed by atoms with Crippen LogP contribution in [0.25, 0.3) is 0 Å². The summed E-state index contributed by atoms with van der Waals surface area (Å²) in [5.74, 6) is 4.86. The van der Waals surface area contributed by atoms with Crippen molar-refractivity contribution < 1.29 is 9.22 Å². The van der Waals surface area contributed by atoms with E-state index in [1.165, 1.54) is 0 Å². The first kappa shape index (κ1) is 8.76. The third-order valence-corrected chi connectivity index (χ3v) is 1.82. The van der Waals surface area contributed by atoms with E-state index in [1.54, 1.807) is 24.3 Å². The van der Waals surface area contributed by atoms with E-state index in [1.807, 2.05) is 0 Å². The van der Waals surface area contributed by atoms with Gasteiger partial charge in [0.25, 0.3) is 0 Å². The zero-order valence-corrected chi connectivity index (χ0v) is 8.70. The third-order valence-electron chi connectivity index (χ3n) is 1.45. The van der Waals surface area contributed by atoms with Crippen molar-refractivity contribution in [1.82, 2.24) is 0 Å². The van der Waals surface area contributed by atoms with Crippen molar-refractivity contribution in [2.45, 2.75) is 0 Å². The van der Waals surface area contributed by atoms with E-state index in [0.717, 1.165) is 0 Å². The molecule has 1 rings (SSSR count). The lowest BCUT2D eigenvalue weighted by Crippen LogP contribution is -2.08. The fourth-order valence-electron chi connectivity index (χ4n) is 0.854. The molecule has 0 heterocycles. The number of hydrogen-bond acceptors (Lipinski definition) is 4. The Kier molecular flexibility index (Phi) is 2.84. The summed E-state index contributed by atoms with van der Waals surface area (Å²) in [5.41, 5.74) is 3.66. The van der Waals surface area contributed by atoms with Crippen LogP contribution in [0.5, 0.6) is 0 Å². The molecule has 1 aromatic carbocycles. The van der Waals surface area contributed by atoms with Crippen molar-refractivity contribution in [2.75, 3.05) is 5.43 Å². The van der Waals surface area contributed by atoms with Gasteiger partial charge in [-0.05, 0) is 18.2 Å². The minimum Gasteiger partial charge on any atom is -0.525 e. The van der Waals surface area contributed by atoms with E-state index in [9.17, 15) is 4.79 Å². The van der Waals surface area contributed by atoms with Crippen LogP contribution in [0, 0.1) is 0 Å². The molecule has 12 heavy (non-hydrogen) atoms. The fourth-order valence-corrected chi connectivity index (χ4v) is 1.09. The predicted molar refractivity (Wildman–Crippen MR) is 49.6 cm³/mol. The zero-order valence-electron chi connectivity index (χ0n) is 6.70. The van der Waals surface area contributed by atoms with E-state index in [0.29, 0.717) is 21.7 Å². The number of carbonyl (C=O) groups excluding carboxylic acids is 1. The number of nitrogen functional groups attached to an aromatic ring is 1. The van der Waals surface area contributed by atoms with Gasteiger partial charge in [0.2, 0.25) is 10.5 Å². The molecule has 0 aliphatic heterocycles. The minimum atomic E-state index is -0.307. The zero-order chi connectivity index (χ0) is 8.97. The van der Waals surface area contributed by atoms with Crippen LogP contribution in [0.3, 0.4) is 0 Å². The summed E-state index contributed by atoms with van der Waals surface area (Å²) in [4.78, 5) is 11.0. The number of hydrazine groups is 1. The number of benzene rings is 1. The van der Waals surface area contributed by atoms with Crippen molar-refractivity contribution in [3.05, 3.63) is 29.8 Å². The maximum Gasteiger partial charge on any atom is 0.324 e. The van der Waals surface area contributed by atoms with E-state index in [-0.39, 0.29) is 5.97 Å². The van der Waals surface area contributed by atoms with Gasteiger partial charge in [0.05, 0.1) is 5.56 Å².